The molecule has 2 aliphatic rings. The van der Waals surface area contributed by atoms with Crippen LogP contribution in [0.5, 0.6) is 0 Å². The molecular formula is C51H58F10N10O8. The number of aliphatic hydroxyl groups is 1. The Morgan fingerprint density at radius 1 is 0.835 bits per heavy atom. The van der Waals surface area contributed by atoms with Gasteiger partial charge < -0.3 is 40.2 Å². The molecule has 2 aromatic carbocycles. The highest BCUT2D eigenvalue weighted by Crippen LogP contribution is 2.43. The molecular weight excluding hydrogens is 1070 g/mol. The Hall–Kier alpha value is -7.22. The minimum atomic E-state index is -5.27. The second-order valence-electron chi connectivity index (χ2n) is 19.7. The number of anilines is 1. The summed E-state index contributed by atoms with van der Waals surface area (Å²) in [5.41, 5.74) is -4.57. The number of nitrogens with zero attached hydrogens (tertiary/aromatic N) is 6. The van der Waals surface area contributed by atoms with Crippen molar-refractivity contribution in [2.75, 3.05) is 65.0 Å². The molecule has 18 nitrogen and oxygen atoms in total. The number of rotatable bonds is 19. The topological polar surface area (TPSA) is 205 Å². The molecule has 28 heteroatoms. The van der Waals surface area contributed by atoms with Crippen molar-refractivity contribution in [2.45, 2.75) is 89.9 Å². The zero-order valence-corrected chi connectivity index (χ0v) is 43.4. The summed E-state index contributed by atoms with van der Waals surface area (Å²) in [6, 6.07) is 8.20. The zero-order valence-electron chi connectivity index (χ0n) is 43.4. The molecule has 0 aliphatic carbocycles. The molecule has 2 aliphatic heterocycles. The Morgan fingerprint density at radius 3 is 1.96 bits per heavy atom. The minimum Gasteiger partial charge on any atom is -0.453 e. The van der Waals surface area contributed by atoms with E-state index in [0.29, 0.717) is 62.0 Å². The predicted octanol–water partition coefficient (Wildman–Crippen LogP) is 6.09. The summed E-state index contributed by atoms with van der Waals surface area (Å²) in [6.07, 6.45) is -16.4. The number of halogens is 10. The van der Waals surface area contributed by atoms with E-state index in [1.165, 1.54) is 24.3 Å². The van der Waals surface area contributed by atoms with Crippen molar-refractivity contribution in [1.29, 1.82) is 0 Å². The van der Waals surface area contributed by atoms with Gasteiger partial charge in [0.25, 0.3) is 5.91 Å². The van der Waals surface area contributed by atoms with Gasteiger partial charge >= 0.3 is 31.1 Å². The smallest absolute Gasteiger partial charge is 0.407 e. The number of alkyl halides is 8. The molecule has 6 rings (SSSR count). The van der Waals surface area contributed by atoms with E-state index in [4.69, 9.17) is 9.47 Å². The van der Waals surface area contributed by atoms with Crippen LogP contribution >= 0.6 is 0 Å². The number of carbonyl (C=O) groups excluding carboxylic acids is 4. The monoisotopic (exact) mass is 1130 g/mol. The number of amides is 4. The number of hydrogen-bond acceptors (Lipinski definition) is 13. The third-order valence-corrected chi connectivity index (χ3v) is 13.6. The van der Waals surface area contributed by atoms with Gasteiger partial charge in [0, 0.05) is 81.0 Å². The number of hydrazine groups is 1. The van der Waals surface area contributed by atoms with Gasteiger partial charge in [0.05, 0.1) is 49.6 Å². The van der Waals surface area contributed by atoms with E-state index in [9.17, 15) is 59.4 Å². The van der Waals surface area contributed by atoms with Crippen molar-refractivity contribution in [3.63, 3.8) is 0 Å². The van der Waals surface area contributed by atoms with Crippen LogP contribution in [0.3, 0.4) is 0 Å². The molecule has 4 heterocycles. The van der Waals surface area contributed by atoms with Gasteiger partial charge in [0.2, 0.25) is 5.91 Å². The van der Waals surface area contributed by atoms with E-state index in [0.717, 1.165) is 71.6 Å². The Bertz CT molecular complexity index is 2810. The number of pyridine rings is 1. The third-order valence-electron chi connectivity index (χ3n) is 13.6. The lowest BCUT2D eigenvalue weighted by atomic mass is 9.82. The van der Waals surface area contributed by atoms with E-state index in [1.54, 1.807) is 12.3 Å². The second-order valence-corrected chi connectivity index (χ2v) is 19.7. The summed E-state index contributed by atoms with van der Waals surface area (Å²) in [4.78, 5) is 61.9. The number of ether oxygens (including phenoxy) is 3. The van der Waals surface area contributed by atoms with E-state index < -0.39 is 115 Å². The molecule has 0 saturated carbocycles. The minimum absolute atomic E-state index is 0.195. The maximum atomic E-state index is 16.0. The van der Waals surface area contributed by atoms with Crippen molar-refractivity contribution >= 4 is 29.8 Å². The zero-order chi connectivity index (χ0) is 58.2. The average Bonchev–Trinajstić information content (AvgIpc) is 3.99. The molecule has 4 aromatic rings. The molecule has 2 fully saturated rings. The first-order valence-electron chi connectivity index (χ1n) is 24.4. The lowest BCUT2D eigenvalue weighted by Crippen LogP contribution is -2.62. The first kappa shape index (κ1) is 61.0. The Balaban J connectivity index is 1.32. The standard InChI is InChI=1S/C51H58F10N10O8/c1-48(2,50(56,57)58)41(65-47(76)77-6)43(73)64-38(21-30-10-7-29(8-11-30)9-12-31-13-14-40(63-24-31)69-19-17-68(18-20-69)33-27-78-28-33)39(72)26-70(67-44(74)42(79-46(75)62-5)49(3,4)51(59,60)61)25-34-35(52)22-32(23-36(34)53)37-15-16-71(66-37)45(54)55/h7-8,10-11,13-16,22-24,33,38-39,41-42,45,72H,17-21,25-28H2,1-6H3,(H,62,75)(H,64,73)(H,65,76)(H,67,74)/t38-,39-,41+,42+/m0/s1. The van der Waals surface area contributed by atoms with Crippen molar-refractivity contribution in [2.24, 2.45) is 10.8 Å². The molecule has 0 radical (unpaired) electrons. The maximum absolute atomic E-state index is 16.0. The third kappa shape index (κ3) is 15.1. The van der Waals surface area contributed by atoms with Crippen LogP contribution < -0.4 is 26.3 Å². The molecule has 430 valence electrons. The number of alkyl carbamates (subject to hydrolysis) is 2. The highest BCUT2D eigenvalue weighted by molar-refractivity contribution is 5.87. The molecule has 0 spiro atoms. The molecule has 79 heavy (non-hydrogen) atoms. The fourth-order valence-corrected chi connectivity index (χ4v) is 8.24. The number of piperazine rings is 1. The van der Waals surface area contributed by atoms with Crippen LogP contribution in [0.1, 0.15) is 56.5 Å². The molecule has 0 bridgehead atoms. The molecule has 2 aromatic heterocycles. The van der Waals surface area contributed by atoms with Crippen molar-refractivity contribution in [1.82, 2.24) is 46.0 Å². The van der Waals surface area contributed by atoms with Gasteiger partial charge in [-0.25, -0.2) is 33.0 Å². The van der Waals surface area contributed by atoms with Crippen LogP contribution in [0.15, 0.2) is 67.0 Å². The quantitative estimate of drug-likeness (QED) is 0.0411. The second kappa shape index (κ2) is 25.3. The lowest BCUT2D eigenvalue weighted by molar-refractivity contribution is -0.239. The molecule has 4 atom stereocenters. The van der Waals surface area contributed by atoms with Gasteiger partial charge in [-0.2, -0.15) is 40.2 Å². The van der Waals surface area contributed by atoms with E-state index in [1.807, 2.05) is 22.1 Å². The number of aromatic nitrogens is 3. The number of benzene rings is 2. The van der Waals surface area contributed by atoms with Crippen LogP contribution in [-0.2, 0) is 36.8 Å². The van der Waals surface area contributed by atoms with Crippen molar-refractivity contribution in [3.8, 4) is 23.1 Å². The molecule has 5 N–H and O–H groups in total. The predicted molar refractivity (Wildman–Crippen MR) is 262 cm³/mol. The van der Waals surface area contributed by atoms with Crippen molar-refractivity contribution < 1.29 is 82.4 Å². The summed E-state index contributed by atoms with van der Waals surface area (Å²) in [7, 11) is 1.79. The highest BCUT2D eigenvalue weighted by Gasteiger charge is 2.58. The van der Waals surface area contributed by atoms with Crippen LogP contribution in [-0.4, -0.2) is 157 Å². The summed E-state index contributed by atoms with van der Waals surface area (Å²) in [5, 5.41) is 22.1. The van der Waals surface area contributed by atoms with Crippen LogP contribution in [0.2, 0.25) is 0 Å². The van der Waals surface area contributed by atoms with Crippen molar-refractivity contribution in [3.05, 3.63) is 101 Å². The Labute approximate surface area is 447 Å². The van der Waals surface area contributed by atoms with Gasteiger partial charge in [-0.15, -0.1) is 0 Å². The number of aliphatic hydroxyl groups excluding tert-OH is 1. The van der Waals surface area contributed by atoms with Crippen LogP contribution in [0.4, 0.5) is 59.3 Å². The normalized spacial score (nSPS) is 16.2. The van der Waals surface area contributed by atoms with Gasteiger partial charge in [-0.1, -0.05) is 24.0 Å². The van der Waals surface area contributed by atoms with Crippen LogP contribution in [0, 0.1) is 34.3 Å². The fourth-order valence-electron chi connectivity index (χ4n) is 8.24. The van der Waals surface area contributed by atoms with Gasteiger partial charge in [0.15, 0.2) is 6.10 Å². The Morgan fingerprint density at radius 2 is 1.44 bits per heavy atom. The highest BCUT2D eigenvalue weighted by atomic mass is 19.4. The van der Waals surface area contributed by atoms with Gasteiger partial charge in [-0.05, 0) is 82.1 Å². The summed E-state index contributed by atoms with van der Waals surface area (Å²) in [5.74, 6) is 0.602. The summed E-state index contributed by atoms with van der Waals surface area (Å²) < 4.78 is 161. The SMILES string of the molecule is CNC(=O)O[C@H](C(=O)NN(Cc1c(F)cc(-c2ccn(C(F)F)n2)cc1F)C[C@H](O)[C@H](Cc1ccc(C#Cc2ccc(N3CCN(C4COC4)CC3)nc2)cc1)NC(=O)[C@@H](NC(=O)OC)C(C)(C)C(F)(F)F)C(C)(C)C(F)(F)F. The maximum Gasteiger partial charge on any atom is 0.407 e. The van der Waals surface area contributed by atoms with E-state index >= 15 is 8.78 Å². The fraction of sp³-hybridized carbons (Fsp3) is 0.490. The van der Waals surface area contributed by atoms with Gasteiger partial charge in [-0.3, -0.25) is 19.9 Å². The van der Waals surface area contributed by atoms with Crippen LogP contribution in [0.25, 0.3) is 11.3 Å². The Kier molecular flexibility index (Phi) is 19.5. The molecule has 0 unspecified atom stereocenters. The van der Waals surface area contributed by atoms with Gasteiger partial charge in [0.1, 0.15) is 28.9 Å². The summed E-state index contributed by atoms with van der Waals surface area (Å²) in [6.45, 7) is 1.52. The van der Waals surface area contributed by atoms with E-state index in [-0.39, 0.29) is 21.5 Å². The summed E-state index contributed by atoms with van der Waals surface area (Å²) >= 11 is 0. The number of carbonyl (C=O) groups is 4. The largest absolute Gasteiger partial charge is 0.453 e. The average molecular weight is 1130 g/mol. The van der Waals surface area contributed by atoms with E-state index in [2.05, 4.69) is 41.8 Å². The number of methoxy groups -OCH3 is 1. The lowest BCUT2D eigenvalue weighted by Gasteiger charge is -2.42. The number of nitrogens with one attached hydrogen (secondary N) is 4. The first-order valence-corrected chi connectivity index (χ1v) is 24.4. The number of hydrogen-bond donors (Lipinski definition) is 5. The molecule has 4 amide bonds. The molecule has 2 saturated heterocycles. The first-order chi connectivity index (χ1) is 37.0.